The van der Waals surface area contributed by atoms with E-state index in [1.165, 1.54) is 0 Å². The van der Waals surface area contributed by atoms with Crippen LogP contribution in [-0.4, -0.2) is 19.6 Å². The fraction of sp³-hybridized carbons (Fsp3) is 0.214. The Bertz CT molecular complexity index is 1480. The highest BCUT2D eigenvalue weighted by Gasteiger charge is 2.43. The number of hydrogen-bond donors (Lipinski definition) is 0. The van der Waals surface area contributed by atoms with E-state index in [1.807, 2.05) is 42.5 Å². The van der Waals surface area contributed by atoms with Crippen molar-refractivity contribution in [1.82, 2.24) is 0 Å². The molecule has 2 heterocycles. The van der Waals surface area contributed by atoms with E-state index < -0.39 is 6.04 Å². The molecule has 6 nitrogen and oxygen atoms in total. The topological polar surface area (TPSA) is 69.0 Å². The number of nitrogens with zero attached hydrogens (tertiary/aromatic N) is 1. The van der Waals surface area contributed by atoms with Gasteiger partial charge in [0.2, 0.25) is 5.76 Å². The SMILES string of the molecule is COc1cc(C2c3c(oc4ccc(Cl)cc4c3=O)C(=O)N2c2ccccc2)ccc1OCC(C)C. The molecule has 0 saturated carbocycles. The van der Waals surface area contributed by atoms with Crippen LogP contribution in [0.15, 0.2) is 75.9 Å². The molecular formula is C28H24ClNO5. The van der Waals surface area contributed by atoms with Crippen LogP contribution >= 0.6 is 11.6 Å². The van der Waals surface area contributed by atoms with Gasteiger partial charge in [0.05, 0.1) is 30.7 Å². The maximum absolute atomic E-state index is 13.7. The van der Waals surface area contributed by atoms with Crippen molar-refractivity contribution < 1.29 is 18.7 Å². The van der Waals surface area contributed by atoms with E-state index in [0.717, 1.165) is 0 Å². The number of hydrogen-bond acceptors (Lipinski definition) is 5. The van der Waals surface area contributed by atoms with Gasteiger partial charge in [-0.3, -0.25) is 14.5 Å². The largest absolute Gasteiger partial charge is 0.493 e. The van der Waals surface area contributed by atoms with Gasteiger partial charge < -0.3 is 13.9 Å². The van der Waals surface area contributed by atoms with Gasteiger partial charge in [-0.05, 0) is 53.9 Å². The lowest BCUT2D eigenvalue weighted by atomic mass is 9.97. The van der Waals surface area contributed by atoms with Crippen LogP contribution in [0.2, 0.25) is 5.02 Å². The van der Waals surface area contributed by atoms with Crippen LogP contribution in [0, 0.1) is 5.92 Å². The van der Waals surface area contributed by atoms with Crippen molar-refractivity contribution in [2.75, 3.05) is 18.6 Å². The Labute approximate surface area is 207 Å². The molecule has 0 N–H and O–H groups in total. The van der Waals surface area contributed by atoms with E-state index in [0.29, 0.717) is 51.3 Å². The summed E-state index contributed by atoms with van der Waals surface area (Å²) in [6, 6.07) is 18.8. The number of carbonyl (C=O) groups excluding carboxylic acids is 1. The molecule has 1 aliphatic rings. The first-order valence-electron chi connectivity index (χ1n) is 11.3. The summed E-state index contributed by atoms with van der Waals surface area (Å²) in [5.74, 6) is 1.10. The molecule has 3 aromatic carbocycles. The molecule has 0 spiro atoms. The fourth-order valence-corrected chi connectivity index (χ4v) is 4.52. The molecule has 178 valence electrons. The first-order chi connectivity index (χ1) is 16.9. The third kappa shape index (κ3) is 4.04. The summed E-state index contributed by atoms with van der Waals surface area (Å²) in [4.78, 5) is 29.0. The van der Waals surface area contributed by atoms with Crippen LogP contribution in [0.4, 0.5) is 5.69 Å². The summed E-state index contributed by atoms with van der Waals surface area (Å²) < 4.78 is 17.5. The van der Waals surface area contributed by atoms with Gasteiger partial charge in [0.25, 0.3) is 5.91 Å². The smallest absolute Gasteiger partial charge is 0.295 e. The molecule has 0 radical (unpaired) electrons. The highest BCUT2D eigenvalue weighted by Crippen LogP contribution is 2.43. The summed E-state index contributed by atoms with van der Waals surface area (Å²) in [6.07, 6.45) is 0. The molecule has 0 bridgehead atoms. The molecule has 1 aliphatic heterocycles. The van der Waals surface area contributed by atoms with E-state index in [4.69, 9.17) is 25.5 Å². The quantitative estimate of drug-likeness (QED) is 0.320. The van der Waals surface area contributed by atoms with E-state index in [9.17, 15) is 9.59 Å². The van der Waals surface area contributed by atoms with Gasteiger partial charge in [0.15, 0.2) is 16.9 Å². The molecule has 1 atom stereocenters. The fourth-order valence-electron chi connectivity index (χ4n) is 4.35. The molecule has 0 aliphatic carbocycles. The Kier molecular flexibility index (Phi) is 5.99. The van der Waals surface area contributed by atoms with Crippen LogP contribution in [0.1, 0.15) is 41.6 Å². The third-order valence-corrected chi connectivity index (χ3v) is 6.18. The minimum Gasteiger partial charge on any atom is -0.493 e. The molecule has 4 aromatic rings. The summed E-state index contributed by atoms with van der Waals surface area (Å²) in [6.45, 7) is 4.66. The summed E-state index contributed by atoms with van der Waals surface area (Å²) in [5.41, 5.74) is 1.64. The molecule has 1 amide bonds. The lowest BCUT2D eigenvalue weighted by Crippen LogP contribution is -2.29. The van der Waals surface area contributed by atoms with Crippen LogP contribution in [0.25, 0.3) is 11.0 Å². The molecular weight excluding hydrogens is 466 g/mol. The number of ether oxygens (including phenoxy) is 2. The van der Waals surface area contributed by atoms with Crippen molar-refractivity contribution in [3.8, 4) is 11.5 Å². The average Bonchev–Trinajstić information content (AvgIpc) is 3.16. The number of amides is 1. The Morgan fingerprint density at radius 2 is 1.77 bits per heavy atom. The molecule has 7 heteroatoms. The number of carbonyl (C=O) groups is 1. The maximum atomic E-state index is 13.7. The number of methoxy groups -OCH3 is 1. The van der Waals surface area contributed by atoms with Gasteiger partial charge in [-0.25, -0.2) is 0 Å². The number of rotatable bonds is 6. The average molecular weight is 490 g/mol. The Morgan fingerprint density at radius 1 is 1.00 bits per heavy atom. The summed E-state index contributed by atoms with van der Waals surface area (Å²) in [7, 11) is 1.56. The van der Waals surface area contributed by atoms with E-state index in [-0.39, 0.29) is 22.7 Å². The number of para-hydroxylation sites is 1. The van der Waals surface area contributed by atoms with Crippen LogP contribution in [-0.2, 0) is 0 Å². The van der Waals surface area contributed by atoms with Crippen molar-refractivity contribution in [2.24, 2.45) is 5.92 Å². The lowest BCUT2D eigenvalue weighted by Gasteiger charge is -2.26. The maximum Gasteiger partial charge on any atom is 0.295 e. The summed E-state index contributed by atoms with van der Waals surface area (Å²) in [5, 5.41) is 0.742. The zero-order valence-corrected chi connectivity index (χ0v) is 20.3. The van der Waals surface area contributed by atoms with Crippen LogP contribution < -0.4 is 19.8 Å². The minimum atomic E-state index is -0.715. The predicted octanol–water partition coefficient (Wildman–Crippen LogP) is 6.24. The van der Waals surface area contributed by atoms with Gasteiger partial charge in [-0.15, -0.1) is 0 Å². The molecule has 35 heavy (non-hydrogen) atoms. The molecule has 5 rings (SSSR count). The lowest BCUT2D eigenvalue weighted by molar-refractivity contribution is 0.0971. The van der Waals surface area contributed by atoms with Gasteiger partial charge in [0, 0.05) is 10.7 Å². The van der Waals surface area contributed by atoms with E-state index >= 15 is 0 Å². The van der Waals surface area contributed by atoms with E-state index in [1.54, 1.807) is 36.3 Å². The van der Waals surface area contributed by atoms with Gasteiger partial charge in [-0.2, -0.15) is 0 Å². The zero-order valence-electron chi connectivity index (χ0n) is 19.6. The number of benzene rings is 3. The molecule has 0 saturated heterocycles. The zero-order chi connectivity index (χ0) is 24.7. The minimum absolute atomic E-state index is 0.0257. The Morgan fingerprint density at radius 3 is 2.49 bits per heavy atom. The highest BCUT2D eigenvalue weighted by atomic mass is 35.5. The van der Waals surface area contributed by atoms with Gasteiger partial charge in [-0.1, -0.05) is 49.7 Å². The first-order valence-corrected chi connectivity index (χ1v) is 11.7. The first kappa shape index (κ1) is 23.0. The predicted molar refractivity (Wildman–Crippen MR) is 136 cm³/mol. The van der Waals surface area contributed by atoms with Crippen LogP contribution in [0.5, 0.6) is 11.5 Å². The van der Waals surface area contributed by atoms with Crippen molar-refractivity contribution in [1.29, 1.82) is 0 Å². The number of fused-ring (bicyclic) bond motifs is 2. The normalized spacial score (nSPS) is 15.1. The Balaban J connectivity index is 1.73. The second-order valence-electron chi connectivity index (χ2n) is 8.84. The number of halogens is 1. The second kappa shape index (κ2) is 9.12. The van der Waals surface area contributed by atoms with Crippen molar-refractivity contribution in [2.45, 2.75) is 19.9 Å². The number of anilines is 1. The van der Waals surface area contributed by atoms with Crippen molar-refractivity contribution in [3.63, 3.8) is 0 Å². The van der Waals surface area contributed by atoms with E-state index in [2.05, 4.69) is 13.8 Å². The van der Waals surface area contributed by atoms with Crippen LogP contribution in [0.3, 0.4) is 0 Å². The molecule has 1 unspecified atom stereocenters. The summed E-state index contributed by atoms with van der Waals surface area (Å²) >= 11 is 6.17. The van der Waals surface area contributed by atoms with Crippen molar-refractivity contribution >= 4 is 34.2 Å². The molecule has 1 aromatic heterocycles. The monoisotopic (exact) mass is 489 g/mol. The molecule has 0 fully saturated rings. The van der Waals surface area contributed by atoms with Gasteiger partial charge in [0.1, 0.15) is 5.58 Å². The third-order valence-electron chi connectivity index (χ3n) is 5.94. The second-order valence-corrected chi connectivity index (χ2v) is 9.28. The van der Waals surface area contributed by atoms with Gasteiger partial charge >= 0.3 is 0 Å². The van der Waals surface area contributed by atoms with Crippen molar-refractivity contribution in [3.05, 3.63) is 98.9 Å². The highest BCUT2D eigenvalue weighted by molar-refractivity contribution is 6.31. The Hall–Kier alpha value is -3.77. The standard InChI is InChI=1S/C28H24ClNO5/c1-16(2)15-34-22-11-9-17(13-23(22)33-3)25-24-26(31)20-14-18(29)10-12-21(20)35-27(24)28(32)30(25)19-7-5-4-6-8-19/h4-14,16,25H,15H2,1-3H3.